The molecule has 110 valence electrons. The lowest BCUT2D eigenvalue weighted by molar-refractivity contribution is -0.140. The van der Waals surface area contributed by atoms with Crippen LogP contribution in [0.2, 0.25) is 0 Å². The highest BCUT2D eigenvalue weighted by Crippen LogP contribution is 2.06. The van der Waals surface area contributed by atoms with E-state index >= 15 is 0 Å². The first-order valence-corrected chi connectivity index (χ1v) is 6.65. The van der Waals surface area contributed by atoms with E-state index in [-0.39, 0.29) is 12.5 Å². The van der Waals surface area contributed by atoms with Crippen LogP contribution in [0.25, 0.3) is 0 Å². The van der Waals surface area contributed by atoms with Gasteiger partial charge in [-0.1, -0.05) is 44.2 Å². The molecule has 0 bridgehead atoms. The Kier molecular flexibility index (Phi) is 6.35. The zero-order chi connectivity index (χ0) is 15.1. The number of ketones is 1. The standard InChI is InChI=1S/C15H21NO4/c1-10(2)8-12(15(19)20)16-9-13(17)14(18)11-6-4-3-5-7-11/h3-7,10,12-13,16-17H,8-9H2,1-2H3,(H,19,20)/t12-,13-/m0/s1. The van der Waals surface area contributed by atoms with Gasteiger partial charge in [0.25, 0.3) is 0 Å². The molecule has 0 aliphatic heterocycles. The summed E-state index contributed by atoms with van der Waals surface area (Å²) in [6.07, 6.45) is -0.798. The fourth-order valence-electron chi connectivity index (χ4n) is 1.88. The number of rotatable bonds is 8. The molecule has 0 unspecified atom stereocenters. The molecule has 1 aromatic carbocycles. The molecule has 5 heteroatoms. The summed E-state index contributed by atoms with van der Waals surface area (Å²) < 4.78 is 0. The van der Waals surface area contributed by atoms with Gasteiger partial charge in [0.05, 0.1) is 0 Å². The van der Waals surface area contributed by atoms with Crippen LogP contribution in [0.3, 0.4) is 0 Å². The molecule has 1 rings (SSSR count). The van der Waals surface area contributed by atoms with Crippen LogP contribution < -0.4 is 5.32 Å². The third-order valence-corrected chi connectivity index (χ3v) is 2.92. The van der Waals surface area contributed by atoms with Crippen LogP contribution in [0.4, 0.5) is 0 Å². The van der Waals surface area contributed by atoms with Gasteiger partial charge in [-0.05, 0) is 12.3 Å². The number of aliphatic carboxylic acids is 1. The average molecular weight is 279 g/mol. The van der Waals surface area contributed by atoms with E-state index in [1.165, 1.54) is 0 Å². The van der Waals surface area contributed by atoms with Gasteiger partial charge in [-0.25, -0.2) is 0 Å². The van der Waals surface area contributed by atoms with Crippen molar-refractivity contribution in [2.75, 3.05) is 6.54 Å². The number of hydrogen-bond donors (Lipinski definition) is 3. The molecule has 1 aromatic rings. The maximum absolute atomic E-state index is 11.9. The molecule has 0 fully saturated rings. The number of hydrogen-bond acceptors (Lipinski definition) is 4. The Morgan fingerprint density at radius 3 is 2.30 bits per heavy atom. The lowest BCUT2D eigenvalue weighted by atomic mass is 10.0. The number of aliphatic hydroxyl groups is 1. The highest BCUT2D eigenvalue weighted by atomic mass is 16.4. The van der Waals surface area contributed by atoms with Crippen molar-refractivity contribution in [3.63, 3.8) is 0 Å². The van der Waals surface area contributed by atoms with Gasteiger partial charge < -0.3 is 15.5 Å². The number of carbonyl (C=O) groups excluding carboxylic acids is 1. The third-order valence-electron chi connectivity index (χ3n) is 2.92. The summed E-state index contributed by atoms with van der Waals surface area (Å²) in [7, 11) is 0. The van der Waals surface area contributed by atoms with Crippen molar-refractivity contribution >= 4 is 11.8 Å². The molecule has 0 aromatic heterocycles. The Morgan fingerprint density at radius 1 is 1.20 bits per heavy atom. The van der Waals surface area contributed by atoms with E-state index in [4.69, 9.17) is 5.11 Å². The molecule has 5 nitrogen and oxygen atoms in total. The Labute approximate surface area is 118 Å². The molecule has 0 aliphatic carbocycles. The molecule has 0 aliphatic rings. The monoisotopic (exact) mass is 279 g/mol. The number of carbonyl (C=O) groups is 2. The summed E-state index contributed by atoms with van der Waals surface area (Å²) in [5.41, 5.74) is 0.414. The van der Waals surface area contributed by atoms with Crippen molar-refractivity contribution in [3.05, 3.63) is 35.9 Å². The summed E-state index contributed by atoms with van der Waals surface area (Å²) in [5.74, 6) is -1.17. The van der Waals surface area contributed by atoms with Crippen LogP contribution in [0.15, 0.2) is 30.3 Å². The minimum Gasteiger partial charge on any atom is -0.480 e. The highest BCUT2D eigenvalue weighted by molar-refractivity contribution is 5.99. The molecule has 2 atom stereocenters. The van der Waals surface area contributed by atoms with Gasteiger partial charge in [0, 0.05) is 12.1 Å². The maximum atomic E-state index is 11.9. The van der Waals surface area contributed by atoms with Crippen LogP contribution >= 0.6 is 0 Å². The maximum Gasteiger partial charge on any atom is 0.320 e. The van der Waals surface area contributed by atoms with Crippen molar-refractivity contribution in [1.82, 2.24) is 5.32 Å². The molecule has 0 amide bonds. The summed E-state index contributed by atoms with van der Waals surface area (Å²) in [6, 6.07) is 7.69. The average Bonchev–Trinajstić information content (AvgIpc) is 2.42. The fraction of sp³-hybridized carbons (Fsp3) is 0.467. The molecule has 0 saturated carbocycles. The highest BCUT2D eigenvalue weighted by Gasteiger charge is 2.22. The normalized spacial score (nSPS) is 14.0. The molecule has 0 spiro atoms. The largest absolute Gasteiger partial charge is 0.480 e. The van der Waals surface area contributed by atoms with Crippen LogP contribution in [0.5, 0.6) is 0 Å². The first kappa shape index (κ1) is 16.3. The number of Topliss-reactive ketones (excluding diaryl/α,β-unsaturated/α-hetero) is 1. The van der Waals surface area contributed by atoms with Gasteiger partial charge in [0.1, 0.15) is 12.1 Å². The van der Waals surface area contributed by atoms with Gasteiger partial charge in [-0.3, -0.25) is 9.59 Å². The van der Waals surface area contributed by atoms with Gasteiger partial charge in [0.2, 0.25) is 0 Å². The van der Waals surface area contributed by atoms with Crippen molar-refractivity contribution in [3.8, 4) is 0 Å². The van der Waals surface area contributed by atoms with E-state index in [2.05, 4.69) is 5.32 Å². The number of carboxylic acids is 1. The number of carboxylic acid groups (broad SMARTS) is 1. The zero-order valence-electron chi connectivity index (χ0n) is 11.7. The molecule has 0 saturated heterocycles. The number of aliphatic hydroxyl groups excluding tert-OH is 1. The Hall–Kier alpha value is -1.72. The summed E-state index contributed by atoms with van der Waals surface area (Å²) in [6.45, 7) is 3.77. The van der Waals surface area contributed by atoms with Crippen molar-refractivity contribution in [2.45, 2.75) is 32.4 Å². The fourth-order valence-corrected chi connectivity index (χ4v) is 1.88. The molecule has 20 heavy (non-hydrogen) atoms. The SMILES string of the molecule is CC(C)C[C@H](NC[C@H](O)C(=O)c1ccccc1)C(=O)O. The Morgan fingerprint density at radius 2 is 1.80 bits per heavy atom. The van der Waals surface area contributed by atoms with Crippen LogP contribution in [0.1, 0.15) is 30.6 Å². The van der Waals surface area contributed by atoms with Crippen molar-refractivity contribution < 1.29 is 19.8 Å². The minimum atomic E-state index is -1.24. The van der Waals surface area contributed by atoms with E-state index in [9.17, 15) is 14.7 Å². The van der Waals surface area contributed by atoms with Gasteiger partial charge in [-0.2, -0.15) is 0 Å². The van der Waals surface area contributed by atoms with E-state index in [1.807, 2.05) is 13.8 Å². The lowest BCUT2D eigenvalue weighted by Gasteiger charge is -2.18. The topological polar surface area (TPSA) is 86.6 Å². The summed E-state index contributed by atoms with van der Waals surface area (Å²) in [4.78, 5) is 23.0. The minimum absolute atomic E-state index is 0.0720. The molecule has 3 N–H and O–H groups in total. The quantitative estimate of drug-likeness (QED) is 0.625. The predicted molar refractivity (Wildman–Crippen MR) is 75.7 cm³/mol. The van der Waals surface area contributed by atoms with Gasteiger partial charge >= 0.3 is 5.97 Å². The van der Waals surface area contributed by atoms with E-state index < -0.39 is 23.9 Å². The van der Waals surface area contributed by atoms with E-state index in [0.717, 1.165) is 0 Å². The van der Waals surface area contributed by atoms with Crippen molar-refractivity contribution in [1.29, 1.82) is 0 Å². The second-order valence-corrected chi connectivity index (χ2v) is 5.17. The molecular weight excluding hydrogens is 258 g/mol. The third kappa shape index (κ3) is 5.11. The van der Waals surface area contributed by atoms with Crippen LogP contribution in [0, 0.1) is 5.92 Å². The first-order chi connectivity index (χ1) is 9.41. The second-order valence-electron chi connectivity index (χ2n) is 5.17. The smallest absolute Gasteiger partial charge is 0.320 e. The number of nitrogens with one attached hydrogen (secondary N) is 1. The zero-order valence-corrected chi connectivity index (χ0v) is 11.7. The predicted octanol–water partition coefficient (Wildman–Crippen LogP) is 1.32. The Balaban J connectivity index is 2.55. The van der Waals surface area contributed by atoms with E-state index in [0.29, 0.717) is 12.0 Å². The molecule has 0 radical (unpaired) electrons. The van der Waals surface area contributed by atoms with Crippen molar-refractivity contribution in [2.24, 2.45) is 5.92 Å². The first-order valence-electron chi connectivity index (χ1n) is 6.65. The number of benzene rings is 1. The molecular formula is C15H21NO4. The molecule has 0 heterocycles. The second kappa shape index (κ2) is 7.77. The van der Waals surface area contributed by atoms with Crippen LogP contribution in [-0.2, 0) is 4.79 Å². The van der Waals surface area contributed by atoms with E-state index in [1.54, 1.807) is 30.3 Å². The van der Waals surface area contributed by atoms with Crippen LogP contribution in [-0.4, -0.2) is 40.7 Å². The van der Waals surface area contributed by atoms with Gasteiger partial charge in [-0.15, -0.1) is 0 Å². The lowest BCUT2D eigenvalue weighted by Crippen LogP contribution is -2.43. The summed E-state index contributed by atoms with van der Waals surface area (Å²) >= 11 is 0. The summed E-state index contributed by atoms with van der Waals surface area (Å²) in [5, 5.41) is 21.6. The van der Waals surface area contributed by atoms with Gasteiger partial charge in [0.15, 0.2) is 5.78 Å². The Bertz CT molecular complexity index is 444.